The Bertz CT molecular complexity index is 1150. The Balaban J connectivity index is 1.76. The Morgan fingerprint density at radius 1 is 0.900 bits per heavy atom. The molecule has 0 aliphatic rings. The van der Waals surface area contributed by atoms with Crippen LogP contribution in [0.25, 0.3) is 0 Å². The first-order valence-electron chi connectivity index (χ1n) is 8.72. The summed E-state index contributed by atoms with van der Waals surface area (Å²) in [5, 5.41) is 2.40. The lowest BCUT2D eigenvalue weighted by molar-refractivity contribution is -0.137. The average molecular weight is 434 g/mol. The van der Waals surface area contributed by atoms with Gasteiger partial charge in [0.15, 0.2) is 0 Å². The first kappa shape index (κ1) is 21.4. The second kappa shape index (κ2) is 8.19. The van der Waals surface area contributed by atoms with Crippen molar-refractivity contribution in [2.75, 3.05) is 16.7 Å². The predicted molar refractivity (Wildman–Crippen MR) is 108 cm³/mol. The number of amides is 1. The Hall–Kier alpha value is -3.33. The van der Waals surface area contributed by atoms with Gasteiger partial charge in [-0.05, 0) is 54.6 Å². The minimum absolute atomic E-state index is 0.00248. The molecule has 0 unspecified atom stereocenters. The van der Waals surface area contributed by atoms with Crippen molar-refractivity contribution >= 4 is 27.3 Å². The summed E-state index contributed by atoms with van der Waals surface area (Å²) in [7, 11) is -2.38. The largest absolute Gasteiger partial charge is 0.416 e. The van der Waals surface area contributed by atoms with Crippen LogP contribution in [0.1, 0.15) is 15.9 Å². The van der Waals surface area contributed by atoms with Crippen LogP contribution in [-0.4, -0.2) is 21.4 Å². The third kappa shape index (κ3) is 4.62. The van der Waals surface area contributed by atoms with Crippen molar-refractivity contribution in [3.63, 3.8) is 0 Å². The van der Waals surface area contributed by atoms with Crippen molar-refractivity contribution < 1.29 is 26.4 Å². The summed E-state index contributed by atoms with van der Waals surface area (Å²) >= 11 is 0. The van der Waals surface area contributed by atoms with Gasteiger partial charge in [0.05, 0.1) is 16.1 Å². The number of carbonyl (C=O) groups excluding carboxylic acids is 1. The van der Waals surface area contributed by atoms with Crippen molar-refractivity contribution in [2.45, 2.75) is 11.1 Å². The maximum absolute atomic E-state index is 12.8. The van der Waals surface area contributed by atoms with E-state index in [1.165, 1.54) is 55.6 Å². The van der Waals surface area contributed by atoms with E-state index in [0.29, 0.717) is 5.69 Å². The zero-order chi connectivity index (χ0) is 21.9. The van der Waals surface area contributed by atoms with Gasteiger partial charge in [0.2, 0.25) is 0 Å². The number of alkyl halides is 3. The molecule has 0 bridgehead atoms. The molecule has 5 nitrogen and oxygen atoms in total. The number of halogens is 3. The molecule has 0 aliphatic heterocycles. The second-order valence-corrected chi connectivity index (χ2v) is 8.33. The molecule has 0 aromatic heterocycles. The summed E-state index contributed by atoms with van der Waals surface area (Å²) in [5.74, 6) is -0.616. The number of nitrogens with one attached hydrogen (secondary N) is 1. The molecule has 0 aliphatic carbocycles. The molecule has 3 aromatic rings. The molecule has 1 N–H and O–H groups in total. The maximum Gasteiger partial charge on any atom is 0.416 e. The Morgan fingerprint density at radius 3 is 2.13 bits per heavy atom. The predicted octanol–water partition coefficient (Wildman–Crippen LogP) is 4.78. The SMILES string of the molecule is CN(c1ccc(C(=O)Nc2cccc(C(F)(F)F)c2)cc1)S(=O)(=O)c1ccccc1. The Morgan fingerprint density at radius 2 is 1.53 bits per heavy atom. The van der Waals surface area contributed by atoms with Gasteiger partial charge in [0.1, 0.15) is 0 Å². The summed E-state index contributed by atoms with van der Waals surface area (Å²) in [5.41, 5.74) is -0.373. The quantitative estimate of drug-likeness (QED) is 0.628. The summed E-state index contributed by atoms with van der Waals surface area (Å²) in [4.78, 5) is 12.5. The number of benzene rings is 3. The standard InChI is InChI=1S/C21H17F3N2O3S/c1-26(30(28,29)19-8-3-2-4-9-19)18-12-10-15(11-13-18)20(27)25-17-7-5-6-16(14-17)21(22,23)24/h2-14H,1H3,(H,25,27). The van der Waals surface area contributed by atoms with Gasteiger partial charge in [-0.25, -0.2) is 8.42 Å². The number of carbonyl (C=O) groups is 1. The number of hydrogen-bond donors (Lipinski definition) is 1. The Labute approximate surface area is 171 Å². The number of sulfonamides is 1. The smallest absolute Gasteiger partial charge is 0.322 e. The fourth-order valence-electron chi connectivity index (χ4n) is 2.69. The lowest BCUT2D eigenvalue weighted by Crippen LogP contribution is -2.26. The molecule has 9 heteroatoms. The van der Waals surface area contributed by atoms with Crippen LogP contribution in [0, 0.1) is 0 Å². The highest BCUT2D eigenvalue weighted by Crippen LogP contribution is 2.31. The lowest BCUT2D eigenvalue weighted by Gasteiger charge is -2.19. The lowest BCUT2D eigenvalue weighted by atomic mass is 10.1. The Kier molecular flexibility index (Phi) is 5.84. The minimum Gasteiger partial charge on any atom is -0.322 e. The molecule has 0 fully saturated rings. The van der Waals surface area contributed by atoms with Gasteiger partial charge >= 0.3 is 6.18 Å². The highest BCUT2D eigenvalue weighted by atomic mass is 32.2. The first-order chi connectivity index (χ1) is 14.1. The van der Waals surface area contributed by atoms with Gasteiger partial charge < -0.3 is 5.32 Å². The molecule has 0 radical (unpaired) electrons. The third-order valence-electron chi connectivity index (χ3n) is 4.34. The van der Waals surface area contributed by atoms with E-state index >= 15 is 0 Å². The molecule has 3 aromatic carbocycles. The van der Waals surface area contributed by atoms with Crippen molar-refractivity contribution in [3.05, 3.63) is 90.0 Å². The highest BCUT2D eigenvalue weighted by molar-refractivity contribution is 7.92. The summed E-state index contributed by atoms with van der Waals surface area (Å²) in [6, 6.07) is 17.9. The van der Waals surface area contributed by atoms with E-state index in [9.17, 15) is 26.4 Å². The average Bonchev–Trinajstić information content (AvgIpc) is 2.73. The zero-order valence-electron chi connectivity index (χ0n) is 15.7. The van der Waals surface area contributed by atoms with Gasteiger partial charge in [-0.15, -0.1) is 0 Å². The number of nitrogens with zero attached hydrogens (tertiary/aromatic N) is 1. The number of rotatable bonds is 5. The van der Waals surface area contributed by atoms with Crippen LogP contribution in [0.2, 0.25) is 0 Å². The normalized spacial score (nSPS) is 11.7. The zero-order valence-corrected chi connectivity index (χ0v) is 16.5. The van der Waals surface area contributed by atoms with Crippen LogP contribution >= 0.6 is 0 Å². The molecule has 0 atom stereocenters. The molecular formula is C21H17F3N2O3S. The van der Waals surface area contributed by atoms with Crippen LogP contribution in [0.5, 0.6) is 0 Å². The molecule has 156 valence electrons. The van der Waals surface area contributed by atoms with Gasteiger partial charge in [-0.1, -0.05) is 24.3 Å². The molecule has 0 saturated heterocycles. The van der Waals surface area contributed by atoms with E-state index in [0.717, 1.165) is 16.4 Å². The summed E-state index contributed by atoms with van der Waals surface area (Å²) in [6.07, 6.45) is -4.52. The van der Waals surface area contributed by atoms with E-state index < -0.39 is 27.7 Å². The molecule has 3 rings (SSSR count). The third-order valence-corrected chi connectivity index (χ3v) is 6.14. The van der Waals surface area contributed by atoms with E-state index in [1.807, 2.05) is 0 Å². The topological polar surface area (TPSA) is 66.5 Å². The molecular weight excluding hydrogens is 417 g/mol. The van der Waals surface area contributed by atoms with E-state index in [4.69, 9.17) is 0 Å². The van der Waals surface area contributed by atoms with Crippen LogP contribution in [0.4, 0.5) is 24.5 Å². The van der Waals surface area contributed by atoms with Crippen molar-refractivity contribution in [3.8, 4) is 0 Å². The van der Waals surface area contributed by atoms with Crippen LogP contribution in [-0.2, 0) is 16.2 Å². The van der Waals surface area contributed by atoms with E-state index in [1.54, 1.807) is 18.2 Å². The van der Waals surface area contributed by atoms with Crippen LogP contribution < -0.4 is 9.62 Å². The fourth-order valence-corrected chi connectivity index (χ4v) is 3.91. The van der Waals surface area contributed by atoms with E-state index in [2.05, 4.69) is 5.32 Å². The van der Waals surface area contributed by atoms with Crippen molar-refractivity contribution in [1.82, 2.24) is 0 Å². The van der Waals surface area contributed by atoms with Gasteiger partial charge in [0, 0.05) is 18.3 Å². The number of hydrogen-bond acceptors (Lipinski definition) is 3. The first-order valence-corrected chi connectivity index (χ1v) is 10.2. The van der Waals surface area contributed by atoms with Crippen molar-refractivity contribution in [1.29, 1.82) is 0 Å². The highest BCUT2D eigenvalue weighted by Gasteiger charge is 2.30. The number of anilines is 2. The monoisotopic (exact) mass is 434 g/mol. The van der Waals surface area contributed by atoms with Gasteiger partial charge in [0.25, 0.3) is 15.9 Å². The maximum atomic E-state index is 12.8. The van der Waals surface area contributed by atoms with Gasteiger partial charge in [-0.2, -0.15) is 13.2 Å². The van der Waals surface area contributed by atoms with Crippen molar-refractivity contribution in [2.24, 2.45) is 0 Å². The van der Waals surface area contributed by atoms with E-state index in [-0.39, 0.29) is 16.1 Å². The van der Waals surface area contributed by atoms with Gasteiger partial charge in [-0.3, -0.25) is 9.10 Å². The molecule has 0 heterocycles. The van der Waals surface area contributed by atoms with Crippen LogP contribution in [0.3, 0.4) is 0 Å². The fraction of sp³-hybridized carbons (Fsp3) is 0.0952. The molecule has 0 spiro atoms. The van der Waals surface area contributed by atoms with Crippen LogP contribution in [0.15, 0.2) is 83.8 Å². The second-order valence-electron chi connectivity index (χ2n) is 6.37. The minimum atomic E-state index is -4.52. The summed E-state index contributed by atoms with van der Waals surface area (Å²) < 4.78 is 64.8. The molecule has 0 saturated carbocycles. The molecule has 1 amide bonds. The summed E-state index contributed by atoms with van der Waals surface area (Å²) in [6.45, 7) is 0. The molecule has 30 heavy (non-hydrogen) atoms.